The molecule has 0 rings (SSSR count). The van der Waals surface area contributed by atoms with E-state index in [4.69, 9.17) is 0 Å². The molecule has 0 atom stereocenters. The minimum Gasteiger partial charge on any atom is -0.435 e. The summed E-state index contributed by atoms with van der Waals surface area (Å²) in [7, 11) is 0. The van der Waals surface area contributed by atoms with Gasteiger partial charge in [-0.05, 0) is 13.8 Å². The summed E-state index contributed by atoms with van der Waals surface area (Å²) in [4.78, 5) is 10.6. The molecule has 0 bridgehead atoms. The average Bonchev–Trinajstić information content (AvgIpc) is 1.87. The Morgan fingerprint density at radius 3 is 2.55 bits per heavy atom. The third-order valence-electron chi connectivity index (χ3n) is 1.01. The van der Waals surface area contributed by atoms with E-state index in [1.165, 1.54) is 0 Å². The molecule has 64 valence electrons. The van der Waals surface area contributed by atoms with Gasteiger partial charge in [-0.1, -0.05) is 5.57 Å². The lowest BCUT2D eigenvalue weighted by atomic mass is 10.3. The molecule has 11 heavy (non-hydrogen) atoms. The van der Waals surface area contributed by atoms with Crippen LogP contribution in [0.1, 0.15) is 20.3 Å². The number of ether oxygens (including phenoxy) is 2. The second-order valence-electron chi connectivity index (χ2n) is 2.24. The SMILES string of the molecule is C=C(C)CCOC(=O)OCC. The van der Waals surface area contributed by atoms with E-state index in [1.807, 2.05) is 6.92 Å². The second kappa shape index (κ2) is 5.77. The molecule has 0 unspecified atom stereocenters. The highest BCUT2D eigenvalue weighted by molar-refractivity contribution is 5.59. The molecule has 0 aliphatic carbocycles. The van der Waals surface area contributed by atoms with Gasteiger partial charge in [0.05, 0.1) is 13.2 Å². The first-order valence-electron chi connectivity index (χ1n) is 3.60. The Morgan fingerprint density at radius 1 is 1.45 bits per heavy atom. The third-order valence-corrected chi connectivity index (χ3v) is 1.01. The lowest BCUT2D eigenvalue weighted by Gasteiger charge is -2.03. The molecule has 0 saturated heterocycles. The Morgan fingerprint density at radius 2 is 2.09 bits per heavy atom. The van der Waals surface area contributed by atoms with Gasteiger partial charge >= 0.3 is 6.16 Å². The Balaban J connectivity index is 3.24. The maximum atomic E-state index is 10.6. The first kappa shape index (κ1) is 10.0. The molecule has 0 amide bonds. The lowest BCUT2D eigenvalue weighted by Crippen LogP contribution is -2.07. The average molecular weight is 158 g/mol. The van der Waals surface area contributed by atoms with Crippen molar-refractivity contribution in [2.24, 2.45) is 0 Å². The van der Waals surface area contributed by atoms with Gasteiger partial charge in [-0.3, -0.25) is 0 Å². The number of carbonyl (C=O) groups is 1. The van der Waals surface area contributed by atoms with Gasteiger partial charge in [0.15, 0.2) is 0 Å². The highest BCUT2D eigenvalue weighted by Gasteiger charge is 1.99. The predicted octanol–water partition coefficient (Wildman–Crippen LogP) is 2.13. The van der Waals surface area contributed by atoms with Crippen LogP contribution in [0.4, 0.5) is 4.79 Å². The fourth-order valence-corrected chi connectivity index (χ4v) is 0.468. The predicted molar refractivity (Wildman–Crippen MR) is 42.4 cm³/mol. The minimum atomic E-state index is -0.603. The quantitative estimate of drug-likeness (QED) is 0.464. The van der Waals surface area contributed by atoms with Gasteiger partial charge in [0, 0.05) is 6.42 Å². The molecule has 0 aromatic heterocycles. The van der Waals surface area contributed by atoms with Gasteiger partial charge in [-0.2, -0.15) is 0 Å². The number of hydrogen-bond acceptors (Lipinski definition) is 3. The highest BCUT2D eigenvalue weighted by atomic mass is 16.7. The van der Waals surface area contributed by atoms with Crippen molar-refractivity contribution in [2.75, 3.05) is 13.2 Å². The molecule has 0 aromatic rings. The first-order valence-corrected chi connectivity index (χ1v) is 3.60. The van der Waals surface area contributed by atoms with Crippen molar-refractivity contribution in [3.05, 3.63) is 12.2 Å². The fourth-order valence-electron chi connectivity index (χ4n) is 0.468. The summed E-state index contributed by atoms with van der Waals surface area (Å²) in [6.07, 6.45) is 0.0903. The topological polar surface area (TPSA) is 35.5 Å². The number of rotatable bonds is 4. The summed E-state index contributed by atoms with van der Waals surface area (Å²) in [6, 6.07) is 0. The smallest absolute Gasteiger partial charge is 0.435 e. The summed E-state index contributed by atoms with van der Waals surface area (Å²) in [6.45, 7) is 7.99. The largest absolute Gasteiger partial charge is 0.508 e. The molecular weight excluding hydrogens is 144 g/mol. The third kappa shape index (κ3) is 6.90. The Kier molecular flexibility index (Phi) is 5.25. The van der Waals surface area contributed by atoms with E-state index in [1.54, 1.807) is 6.92 Å². The maximum absolute atomic E-state index is 10.6. The van der Waals surface area contributed by atoms with Crippen LogP contribution in [0.25, 0.3) is 0 Å². The van der Waals surface area contributed by atoms with Crippen molar-refractivity contribution in [1.82, 2.24) is 0 Å². The molecule has 0 saturated carbocycles. The van der Waals surface area contributed by atoms with Gasteiger partial charge in [-0.15, -0.1) is 6.58 Å². The van der Waals surface area contributed by atoms with Crippen molar-refractivity contribution in [1.29, 1.82) is 0 Å². The Bertz CT molecular complexity index is 140. The Hall–Kier alpha value is -0.990. The minimum absolute atomic E-state index is 0.353. The number of hydrogen-bond donors (Lipinski definition) is 0. The van der Waals surface area contributed by atoms with E-state index < -0.39 is 6.16 Å². The van der Waals surface area contributed by atoms with Crippen molar-refractivity contribution < 1.29 is 14.3 Å². The monoisotopic (exact) mass is 158 g/mol. The molecule has 0 N–H and O–H groups in total. The zero-order valence-electron chi connectivity index (χ0n) is 7.05. The van der Waals surface area contributed by atoms with Crippen LogP contribution in [0.2, 0.25) is 0 Å². The first-order chi connectivity index (χ1) is 5.16. The van der Waals surface area contributed by atoms with Gasteiger partial charge in [0.2, 0.25) is 0 Å². The molecule has 0 fully saturated rings. The van der Waals surface area contributed by atoms with Crippen LogP contribution in [0, 0.1) is 0 Å². The molecule has 0 aliphatic rings. The van der Waals surface area contributed by atoms with Crippen LogP contribution >= 0.6 is 0 Å². The highest BCUT2D eigenvalue weighted by Crippen LogP contribution is 1.96. The Labute approximate surface area is 67.0 Å². The van der Waals surface area contributed by atoms with Crippen LogP contribution in [-0.2, 0) is 9.47 Å². The van der Waals surface area contributed by atoms with Crippen LogP contribution in [0.15, 0.2) is 12.2 Å². The van der Waals surface area contributed by atoms with Crippen LogP contribution in [0.3, 0.4) is 0 Å². The van der Waals surface area contributed by atoms with E-state index in [-0.39, 0.29) is 0 Å². The second-order valence-corrected chi connectivity index (χ2v) is 2.24. The normalized spacial score (nSPS) is 8.91. The van der Waals surface area contributed by atoms with E-state index in [0.717, 1.165) is 5.57 Å². The van der Waals surface area contributed by atoms with Crippen molar-refractivity contribution >= 4 is 6.16 Å². The van der Waals surface area contributed by atoms with E-state index in [9.17, 15) is 4.79 Å². The zero-order valence-corrected chi connectivity index (χ0v) is 7.05. The van der Waals surface area contributed by atoms with Crippen molar-refractivity contribution in [2.45, 2.75) is 20.3 Å². The summed E-state index contributed by atoms with van der Waals surface area (Å²) in [5.41, 5.74) is 0.995. The standard InChI is InChI=1S/C8H14O3/c1-4-10-8(9)11-6-5-7(2)3/h2,4-6H2,1,3H3. The molecule has 0 radical (unpaired) electrons. The van der Waals surface area contributed by atoms with Gasteiger partial charge in [0.25, 0.3) is 0 Å². The fraction of sp³-hybridized carbons (Fsp3) is 0.625. The zero-order chi connectivity index (χ0) is 8.69. The molecule has 3 nitrogen and oxygen atoms in total. The van der Waals surface area contributed by atoms with Crippen molar-refractivity contribution in [3.63, 3.8) is 0 Å². The summed E-state index contributed by atoms with van der Waals surface area (Å²) in [5.74, 6) is 0. The summed E-state index contributed by atoms with van der Waals surface area (Å²) < 4.78 is 9.20. The molecule has 3 heteroatoms. The van der Waals surface area contributed by atoms with Gasteiger partial charge in [0.1, 0.15) is 0 Å². The maximum Gasteiger partial charge on any atom is 0.508 e. The molecule has 0 spiro atoms. The lowest BCUT2D eigenvalue weighted by molar-refractivity contribution is 0.0600. The molecule has 0 aromatic carbocycles. The van der Waals surface area contributed by atoms with Crippen LogP contribution in [-0.4, -0.2) is 19.4 Å². The molecular formula is C8H14O3. The van der Waals surface area contributed by atoms with Gasteiger partial charge in [-0.25, -0.2) is 4.79 Å². The summed E-state index contributed by atoms with van der Waals surface area (Å²) in [5, 5.41) is 0. The van der Waals surface area contributed by atoms with Crippen molar-refractivity contribution in [3.8, 4) is 0 Å². The van der Waals surface area contributed by atoms with Gasteiger partial charge < -0.3 is 9.47 Å². The summed E-state index contributed by atoms with van der Waals surface area (Å²) >= 11 is 0. The van der Waals surface area contributed by atoms with Crippen LogP contribution in [0.5, 0.6) is 0 Å². The molecule has 0 aliphatic heterocycles. The number of carbonyl (C=O) groups excluding carboxylic acids is 1. The van der Waals surface area contributed by atoms with E-state index in [0.29, 0.717) is 19.6 Å². The van der Waals surface area contributed by atoms with Crippen LogP contribution < -0.4 is 0 Å². The van der Waals surface area contributed by atoms with E-state index in [2.05, 4.69) is 16.1 Å². The molecule has 0 heterocycles. The van der Waals surface area contributed by atoms with E-state index >= 15 is 0 Å².